The Balaban J connectivity index is 2.99. The van der Waals surface area contributed by atoms with Crippen molar-refractivity contribution in [3.8, 4) is 0 Å². The SMILES string of the molecule is CC(C)C(C(=O)O)C(=O)c1ccc(F)cc1. The molecule has 1 aromatic carbocycles. The Hall–Kier alpha value is -1.71. The molecule has 0 aromatic heterocycles. The number of carboxylic acid groups (broad SMARTS) is 1. The van der Waals surface area contributed by atoms with Crippen LogP contribution in [-0.2, 0) is 4.79 Å². The molecule has 0 amide bonds. The van der Waals surface area contributed by atoms with Gasteiger partial charge in [-0.15, -0.1) is 0 Å². The first-order valence-electron chi connectivity index (χ1n) is 4.96. The number of ketones is 1. The molecule has 0 aliphatic rings. The second-order valence-corrected chi connectivity index (χ2v) is 3.93. The lowest BCUT2D eigenvalue weighted by molar-refractivity contribution is -0.141. The van der Waals surface area contributed by atoms with Crippen molar-refractivity contribution < 1.29 is 19.1 Å². The van der Waals surface area contributed by atoms with Crippen molar-refractivity contribution in [2.45, 2.75) is 13.8 Å². The molecule has 0 radical (unpaired) electrons. The average molecular weight is 224 g/mol. The van der Waals surface area contributed by atoms with Crippen LogP contribution in [-0.4, -0.2) is 16.9 Å². The zero-order chi connectivity index (χ0) is 12.3. The summed E-state index contributed by atoms with van der Waals surface area (Å²) in [5, 5.41) is 8.94. The number of benzene rings is 1. The Morgan fingerprint density at radius 3 is 2.06 bits per heavy atom. The van der Waals surface area contributed by atoms with E-state index in [1.165, 1.54) is 12.1 Å². The van der Waals surface area contributed by atoms with Gasteiger partial charge in [-0.1, -0.05) is 13.8 Å². The number of aliphatic carboxylic acids is 1. The maximum absolute atomic E-state index is 12.6. The van der Waals surface area contributed by atoms with Crippen molar-refractivity contribution in [1.82, 2.24) is 0 Å². The summed E-state index contributed by atoms with van der Waals surface area (Å²) in [5.74, 6) is -3.46. The van der Waals surface area contributed by atoms with Crippen LogP contribution in [0.4, 0.5) is 4.39 Å². The number of halogens is 1. The van der Waals surface area contributed by atoms with Gasteiger partial charge in [0.15, 0.2) is 5.78 Å². The lowest BCUT2D eigenvalue weighted by atomic mass is 9.88. The molecule has 0 heterocycles. The Morgan fingerprint density at radius 1 is 1.19 bits per heavy atom. The molecule has 1 aromatic rings. The van der Waals surface area contributed by atoms with Gasteiger partial charge in [0.05, 0.1) is 0 Å². The number of hydrogen-bond acceptors (Lipinski definition) is 2. The summed E-state index contributed by atoms with van der Waals surface area (Å²) in [7, 11) is 0. The van der Waals surface area contributed by atoms with Crippen molar-refractivity contribution in [3.05, 3.63) is 35.6 Å². The van der Waals surface area contributed by atoms with Crippen LogP contribution >= 0.6 is 0 Å². The molecule has 0 fully saturated rings. The maximum Gasteiger partial charge on any atom is 0.314 e. The Bertz CT molecular complexity index is 395. The molecule has 0 saturated heterocycles. The zero-order valence-electron chi connectivity index (χ0n) is 9.11. The summed E-state index contributed by atoms with van der Waals surface area (Å²) in [6.45, 7) is 3.33. The molecule has 86 valence electrons. The van der Waals surface area contributed by atoms with Gasteiger partial charge in [-0.3, -0.25) is 9.59 Å². The first kappa shape index (κ1) is 12.4. The largest absolute Gasteiger partial charge is 0.481 e. The van der Waals surface area contributed by atoms with E-state index < -0.39 is 23.5 Å². The van der Waals surface area contributed by atoms with Gasteiger partial charge in [0.2, 0.25) is 0 Å². The van der Waals surface area contributed by atoms with Gasteiger partial charge in [-0.2, -0.15) is 0 Å². The van der Waals surface area contributed by atoms with E-state index in [-0.39, 0.29) is 11.5 Å². The number of rotatable bonds is 4. The first-order valence-corrected chi connectivity index (χ1v) is 4.96. The molecular formula is C12H13FO3. The van der Waals surface area contributed by atoms with Crippen LogP contribution in [0.15, 0.2) is 24.3 Å². The first-order chi connectivity index (χ1) is 7.43. The van der Waals surface area contributed by atoms with Crippen molar-refractivity contribution in [3.63, 3.8) is 0 Å². The molecular weight excluding hydrogens is 211 g/mol. The van der Waals surface area contributed by atoms with Gasteiger partial charge >= 0.3 is 5.97 Å². The topological polar surface area (TPSA) is 54.4 Å². The van der Waals surface area contributed by atoms with Crippen molar-refractivity contribution in [1.29, 1.82) is 0 Å². The fraction of sp³-hybridized carbons (Fsp3) is 0.333. The van der Waals surface area contributed by atoms with Crippen LogP contribution < -0.4 is 0 Å². The van der Waals surface area contributed by atoms with Crippen LogP contribution in [0.1, 0.15) is 24.2 Å². The summed E-state index contributed by atoms with van der Waals surface area (Å²) in [6, 6.07) is 4.89. The lowest BCUT2D eigenvalue weighted by Crippen LogP contribution is -2.28. The smallest absolute Gasteiger partial charge is 0.314 e. The summed E-state index contributed by atoms with van der Waals surface area (Å²) >= 11 is 0. The van der Waals surface area contributed by atoms with E-state index in [0.29, 0.717) is 0 Å². The van der Waals surface area contributed by atoms with Gasteiger partial charge in [-0.05, 0) is 30.2 Å². The lowest BCUT2D eigenvalue weighted by Gasteiger charge is -2.14. The molecule has 0 aliphatic heterocycles. The minimum atomic E-state index is -1.15. The van der Waals surface area contributed by atoms with Crippen LogP contribution in [0, 0.1) is 17.7 Å². The van der Waals surface area contributed by atoms with Crippen LogP contribution in [0.3, 0.4) is 0 Å². The molecule has 0 bridgehead atoms. The van der Waals surface area contributed by atoms with E-state index in [4.69, 9.17) is 5.11 Å². The van der Waals surface area contributed by atoms with E-state index >= 15 is 0 Å². The van der Waals surface area contributed by atoms with Crippen molar-refractivity contribution >= 4 is 11.8 Å². The minimum absolute atomic E-state index is 0.225. The van der Waals surface area contributed by atoms with E-state index in [2.05, 4.69) is 0 Å². The molecule has 0 saturated carbocycles. The minimum Gasteiger partial charge on any atom is -0.481 e. The summed E-state index contributed by atoms with van der Waals surface area (Å²) < 4.78 is 12.6. The highest BCUT2D eigenvalue weighted by molar-refractivity contribution is 6.08. The van der Waals surface area contributed by atoms with E-state index in [0.717, 1.165) is 12.1 Å². The highest BCUT2D eigenvalue weighted by Gasteiger charge is 2.30. The Labute approximate surface area is 92.9 Å². The van der Waals surface area contributed by atoms with Gasteiger partial charge in [-0.25, -0.2) is 4.39 Å². The number of Topliss-reactive ketones (excluding diaryl/α,β-unsaturated/α-hetero) is 1. The fourth-order valence-corrected chi connectivity index (χ4v) is 1.49. The fourth-order valence-electron chi connectivity index (χ4n) is 1.49. The van der Waals surface area contributed by atoms with Gasteiger partial charge in [0.25, 0.3) is 0 Å². The highest BCUT2D eigenvalue weighted by Crippen LogP contribution is 2.18. The van der Waals surface area contributed by atoms with Gasteiger partial charge < -0.3 is 5.11 Å². The second kappa shape index (κ2) is 4.88. The second-order valence-electron chi connectivity index (χ2n) is 3.93. The quantitative estimate of drug-likeness (QED) is 0.631. The average Bonchev–Trinajstić information content (AvgIpc) is 2.17. The molecule has 3 nitrogen and oxygen atoms in total. The molecule has 1 N–H and O–H groups in total. The van der Waals surface area contributed by atoms with Gasteiger partial charge in [0, 0.05) is 5.56 Å². The standard InChI is InChI=1S/C12H13FO3/c1-7(2)10(12(15)16)11(14)8-3-5-9(13)6-4-8/h3-7,10H,1-2H3,(H,15,16). The summed E-state index contributed by atoms with van der Waals surface area (Å²) in [5.41, 5.74) is 0.225. The Kier molecular flexibility index (Phi) is 3.77. The number of carboxylic acids is 1. The third kappa shape index (κ3) is 2.66. The Morgan fingerprint density at radius 2 is 1.69 bits per heavy atom. The van der Waals surface area contributed by atoms with Crippen LogP contribution in [0.2, 0.25) is 0 Å². The van der Waals surface area contributed by atoms with Gasteiger partial charge in [0.1, 0.15) is 11.7 Å². The predicted octanol–water partition coefficient (Wildman–Crippen LogP) is 2.37. The third-order valence-corrected chi connectivity index (χ3v) is 2.34. The molecule has 0 aliphatic carbocycles. The zero-order valence-corrected chi connectivity index (χ0v) is 9.11. The number of hydrogen-bond donors (Lipinski definition) is 1. The predicted molar refractivity (Wildman–Crippen MR) is 56.7 cm³/mol. The van der Waals surface area contributed by atoms with Crippen LogP contribution in [0.5, 0.6) is 0 Å². The van der Waals surface area contributed by atoms with Crippen LogP contribution in [0.25, 0.3) is 0 Å². The van der Waals surface area contributed by atoms with E-state index in [1.807, 2.05) is 0 Å². The molecule has 0 spiro atoms. The molecule has 4 heteroatoms. The molecule has 1 rings (SSSR count). The van der Waals surface area contributed by atoms with E-state index in [9.17, 15) is 14.0 Å². The molecule has 16 heavy (non-hydrogen) atoms. The monoisotopic (exact) mass is 224 g/mol. The van der Waals surface area contributed by atoms with Crippen molar-refractivity contribution in [2.24, 2.45) is 11.8 Å². The summed E-state index contributed by atoms with van der Waals surface area (Å²) in [6.07, 6.45) is 0. The molecule has 1 atom stereocenters. The maximum atomic E-state index is 12.6. The highest BCUT2D eigenvalue weighted by atomic mass is 19.1. The normalized spacial score (nSPS) is 12.5. The van der Waals surface area contributed by atoms with E-state index in [1.54, 1.807) is 13.8 Å². The molecule has 1 unspecified atom stereocenters. The number of carbonyl (C=O) groups is 2. The number of carbonyl (C=O) groups excluding carboxylic acids is 1. The van der Waals surface area contributed by atoms with Crippen molar-refractivity contribution in [2.75, 3.05) is 0 Å². The third-order valence-electron chi connectivity index (χ3n) is 2.34. The summed E-state index contributed by atoms with van der Waals surface area (Å²) in [4.78, 5) is 22.8.